The molecule has 5 heteroatoms. The highest BCUT2D eigenvalue weighted by Gasteiger charge is 2.26. The van der Waals surface area contributed by atoms with Crippen LogP contribution in [0.3, 0.4) is 0 Å². The van der Waals surface area contributed by atoms with Crippen LogP contribution in [0, 0.1) is 13.8 Å². The number of H-pyrrole nitrogens is 1. The lowest BCUT2D eigenvalue weighted by Gasteiger charge is -2.06. The Kier molecular flexibility index (Phi) is 4.59. The van der Waals surface area contributed by atoms with Crippen LogP contribution in [0.4, 0.5) is 5.69 Å². The number of rotatable bonds is 4. The minimum atomic E-state index is -0.976. The smallest absolute Gasteiger partial charge is 0.337 e. The molecule has 3 N–H and O–H groups in total. The third-order valence-electron chi connectivity index (χ3n) is 5.48. The van der Waals surface area contributed by atoms with Crippen LogP contribution in [0.15, 0.2) is 42.5 Å². The molecule has 0 atom stereocenters. The molecule has 0 saturated heterocycles. The van der Waals surface area contributed by atoms with Crippen molar-refractivity contribution in [1.82, 2.24) is 4.98 Å². The Labute approximate surface area is 169 Å². The third kappa shape index (κ3) is 3.25. The van der Waals surface area contributed by atoms with Gasteiger partial charge in [0.2, 0.25) is 0 Å². The van der Waals surface area contributed by atoms with Gasteiger partial charge in [-0.05, 0) is 54.7 Å². The first-order valence-corrected chi connectivity index (χ1v) is 9.58. The van der Waals surface area contributed by atoms with Gasteiger partial charge in [0.15, 0.2) is 0 Å². The summed E-state index contributed by atoms with van der Waals surface area (Å²) in [6.07, 6.45) is 2.72. The molecule has 4 rings (SSSR count). The average Bonchev–Trinajstić information content (AvgIpc) is 3.16. The van der Waals surface area contributed by atoms with E-state index in [2.05, 4.69) is 41.5 Å². The molecule has 0 aliphatic carbocycles. The van der Waals surface area contributed by atoms with Crippen LogP contribution in [0.25, 0.3) is 22.8 Å². The maximum Gasteiger partial charge on any atom is 0.337 e. The highest BCUT2D eigenvalue weighted by Crippen LogP contribution is 2.37. The van der Waals surface area contributed by atoms with Crippen LogP contribution < -0.4 is 5.32 Å². The molecule has 0 unspecified atom stereocenters. The van der Waals surface area contributed by atoms with Gasteiger partial charge in [-0.15, -0.1) is 0 Å². The van der Waals surface area contributed by atoms with Crippen molar-refractivity contribution in [3.8, 4) is 11.1 Å². The van der Waals surface area contributed by atoms with Crippen molar-refractivity contribution >= 4 is 29.2 Å². The predicted molar refractivity (Wildman–Crippen MR) is 115 cm³/mol. The molecule has 1 amide bonds. The normalized spacial score (nSPS) is 14.2. The molecule has 0 bridgehead atoms. The number of carboxylic acids is 1. The minimum absolute atomic E-state index is 0.193. The van der Waals surface area contributed by atoms with Crippen LogP contribution in [-0.4, -0.2) is 22.0 Å². The van der Waals surface area contributed by atoms with E-state index in [1.807, 2.05) is 18.2 Å². The molecule has 3 aromatic rings. The van der Waals surface area contributed by atoms with Crippen molar-refractivity contribution in [2.75, 3.05) is 5.32 Å². The number of amides is 1. The lowest BCUT2D eigenvalue weighted by molar-refractivity contribution is -0.110. The summed E-state index contributed by atoms with van der Waals surface area (Å²) in [5, 5.41) is 12.3. The van der Waals surface area contributed by atoms with Gasteiger partial charge in [0.25, 0.3) is 5.91 Å². The van der Waals surface area contributed by atoms with E-state index in [0.717, 1.165) is 28.8 Å². The number of aromatic carboxylic acids is 1. The Hall–Kier alpha value is -3.60. The zero-order valence-electron chi connectivity index (χ0n) is 16.6. The lowest BCUT2D eigenvalue weighted by atomic mass is 9.98. The van der Waals surface area contributed by atoms with E-state index in [1.54, 1.807) is 19.9 Å². The van der Waals surface area contributed by atoms with Crippen molar-refractivity contribution in [1.29, 1.82) is 0 Å². The molecule has 0 radical (unpaired) electrons. The van der Waals surface area contributed by atoms with Gasteiger partial charge in [-0.1, -0.05) is 43.3 Å². The Balaban J connectivity index is 1.73. The fraction of sp³-hybridized carbons (Fsp3) is 0.167. The van der Waals surface area contributed by atoms with Crippen molar-refractivity contribution in [3.05, 3.63) is 76.1 Å². The first-order valence-electron chi connectivity index (χ1n) is 9.58. The minimum Gasteiger partial charge on any atom is -0.478 e. The SMILES string of the molecule is CCc1ccc(-c2ccc3c(c2)NC(=O)C3=Cc2[nH]c(C)c(C(=O)O)c2C)cc1. The van der Waals surface area contributed by atoms with E-state index in [0.29, 0.717) is 22.5 Å². The molecule has 0 saturated carbocycles. The monoisotopic (exact) mass is 386 g/mol. The number of carbonyl (C=O) groups excluding carboxylic acids is 1. The molecule has 0 spiro atoms. The van der Waals surface area contributed by atoms with E-state index in [9.17, 15) is 14.7 Å². The summed E-state index contributed by atoms with van der Waals surface area (Å²) in [6, 6.07) is 14.3. The fourth-order valence-corrected chi connectivity index (χ4v) is 3.83. The van der Waals surface area contributed by atoms with Gasteiger partial charge in [-0.25, -0.2) is 4.79 Å². The number of nitrogens with one attached hydrogen (secondary N) is 2. The van der Waals surface area contributed by atoms with Crippen molar-refractivity contribution < 1.29 is 14.7 Å². The highest BCUT2D eigenvalue weighted by atomic mass is 16.4. The number of aryl methyl sites for hydroxylation is 2. The molecule has 2 heterocycles. The van der Waals surface area contributed by atoms with Crippen molar-refractivity contribution in [2.45, 2.75) is 27.2 Å². The second kappa shape index (κ2) is 7.09. The summed E-state index contributed by atoms with van der Waals surface area (Å²) < 4.78 is 0. The quantitative estimate of drug-likeness (QED) is 0.549. The number of benzene rings is 2. The zero-order chi connectivity index (χ0) is 20.7. The third-order valence-corrected chi connectivity index (χ3v) is 5.48. The van der Waals surface area contributed by atoms with Crippen LogP contribution in [0.1, 0.15) is 45.4 Å². The van der Waals surface area contributed by atoms with Crippen molar-refractivity contribution in [3.63, 3.8) is 0 Å². The van der Waals surface area contributed by atoms with E-state index in [1.165, 1.54) is 5.56 Å². The summed E-state index contributed by atoms with van der Waals surface area (Å²) in [7, 11) is 0. The Morgan fingerprint density at radius 1 is 1.07 bits per heavy atom. The molecule has 29 heavy (non-hydrogen) atoms. The number of hydrogen-bond donors (Lipinski definition) is 3. The van der Waals surface area contributed by atoms with Gasteiger partial charge >= 0.3 is 5.97 Å². The molecular weight excluding hydrogens is 364 g/mol. The number of aromatic amines is 1. The molecule has 2 aromatic carbocycles. The van der Waals surface area contributed by atoms with Gasteiger partial charge in [0.05, 0.1) is 11.1 Å². The number of anilines is 1. The van der Waals surface area contributed by atoms with Gasteiger partial charge in [0.1, 0.15) is 0 Å². The standard InChI is InChI=1S/C24H22N2O3/c1-4-15-5-7-16(8-6-15)17-9-10-18-19(23(27)26-21(18)11-17)12-20-13(2)22(24(28)29)14(3)25-20/h5-12,25H,4H2,1-3H3,(H,26,27)(H,28,29). The molecular formula is C24H22N2O3. The van der Waals surface area contributed by atoms with Crippen LogP contribution in [-0.2, 0) is 11.2 Å². The molecule has 1 aliphatic rings. The average molecular weight is 386 g/mol. The molecule has 146 valence electrons. The van der Waals surface area contributed by atoms with Gasteiger partial charge in [-0.2, -0.15) is 0 Å². The summed E-state index contributed by atoms with van der Waals surface area (Å²) in [5.41, 5.74) is 7.60. The first kappa shape index (κ1) is 18.7. The largest absolute Gasteiger partial charge is 0.478 e. The molecule has 5 nitrogen and oxygen atoms in total. The Morgan fingerprint density at radius 3 is 2.38 bits per heavy atom. The fourth-order valence-electron chi connectivity index (χ4n) is 3.83. The van der Waals surface area contributed by atoms with Crippen LogP contribution in [0.2, 0.25) is 0 Å². The number of hydrogen-bond acceptors (Lipinski definition) is 2. The number of carbonyl (C=O) groups is 2. The molecule has 0 fully saturated rings. The topological polar surface area (TPSA) is 82.2 Å². The van der Waals surface area contributed by atoms with Crippen molar-refractivity contribution in [2.24, 2.45) is 0 Å². The molecule has 1 aromatic heterocycles. The summed E-state index contributed by atoms with van der Waals surface area (Å²) >= 11 is 0. The maximum absolute atomic E-state index is 12.6. The zero-order valence-corrected chi connectivity index (χ0v) is 16.6. The summed E-state index contributed by atoms with van der Waals surface area (Å²) in [6.45, 7) is 5.59. The molecule has 1 aliphatic heterocycles. The number of carboxylic acid groups (broad SMARTS) is 1. The van der Waals surface area contributed by atoms with Gasteiger partial charge < -0.3 is 15.4 Å². The predicted octanol–water partition coefficient (Wildman–Crippen LogP) is 5.05. The van der Waals surface area contributed by atoms with Crippen LogP contribution in [0.5, 0.6) is 0 Å². The Morgan fingerprint density at radius 2 is 1.76 bits per heavy atom. The highest BCUT2D eigenvalue weighted by molar-refractivity contribution is 6.35. The van der Waals surface area contributed by atoms with E-state index < -0.39 is 5.97 Å². The van der Waals surface area contributed by atoms with Crippen LogP contribution >= 0.6 is 0 Å². The van der Waals surface area contributed by atoms with Gasteiger partial charge in [-0.3, -0.25) is 4.79 Å². The Bertz CT molecular complexity index is 1170. The summed E-state index contributed by atoms with van der Waals surface area (Å²) in [4.78, 5) is 27.1. The van der Waals surface area contributed by atoms with E-state index in [4.69, 9.17) is 0 Å². The number of aromatic nitrogens is 1. The van der Waals surface area contributed by atoms with E-state index in [-0.39, 0.29) is 11.5 Å². The summed E-state index contributed by atoms with van der Waals surface area (Å²) in [5.74, 6) is -1.17. The lowest BCUT2D eigenvalue weighted by Crippen LogP contribution is -2.03. The maximum atomic E-state index is 12.6. The second-order valence-corrected chi connectivity index (χ2v) is 7.29. The first-order chi connectivity index (χ1) is 13.9. The van der Waals surface area contributed by atoms with E-state index >= 15 is 0 Å². The number of fused-ring (bicyclic) bond motifs is 1. The second-order valence-electron chi connectivity index (χ2n) is 7.29. The van der Waals surface area contributed by atoms with Gasteiger partial charge in [0, 0.05) is 22.6 Å².